The predicted molar refractivity (Wildman–Crippen MR) is 79.8 cm³/mol. The van der Waals surface area contributed by atoms with E-state index in [2.05, 4.69) is 25.1 Å². The monoisotopic (exact) mass is 320 g/mol. The maximum atomic E-state index is 10.8. The van der Waals surface area contributed by atoms with Crippen LogP contribution >= 0.6 is 0 Å². The average Bonchev–Trinajstić information content (AvgIpc) is 3.03. The molecule has 0 spiro atoms. The van der Waals surface area contributed by atoms with E-state index >= 15 is 0 Å². The van der Waals surface area contributed by atoms with Crippen LogP contribution in [0.25, 0.3) is 0 Å². The predicted octanol–water partition coefficient (Wildman–Crippen LogP) is 0.225. The van der Waals surface area contributed by atoms with Crippen LogP contribution in [0.15, 0.2) is 6.20 Å². The molecule has 1 atom stereocenters. The Bertz CT molecular complexity index is 718. The van der Waals surface area contributed by atoms with Crippen LogP contribution in [0.5, 0.6) is 0 Å². The Morgan fingerprint density at radius 2 is 2.39 bits per heavy atom. The molecule has 2 aromatic heterocycles. The molecular weight excluding hydrogens is 304 g/mol. The number of hydrogen-bond acceptors (Lipinski definition) is 9. The Labute approximate surface area is 131 Å². The summed E-state index contributed by atoms with van der Waals surface area (Å²) in [4.78, 5) is 24.4. The lowest BCUT2D eigenvalue weighted by Gasteiger charge is -2.31. The summed E-state index contributed by atoms with van der Waals surface area (Å²) in [5.74, 6) is 1.53. The molecule has 11 nitrogen and oxygen atoms in total. The number of aromatic amines is 1. The zero-order valence-corrected chi connectivity index (χ0v) is 12.5. The zero-order valence-electron chi connectivity index (χ0n) is 12.5. The minimum absolute atomic E-state index is 0.158. The van der Waals surface area contributed by atoms with Gasteiger partial charge >= 0.3 is 5.69 Å². The summed E-state index contributed by atoms with van der Waals surface area (Å²) in [5.41, 5.74) is 5.31. The maximum absolute atomic E-state index is 10.8. The highest BCUT2D eigenvalue weighted by Crippen LogP contribution is 2.25. The van der Waals surface area contributed by atoms with Crippen LogP contribution in [0, 0.1) is 10.1 Å². The topological polar surface area (TPSA) is 149 Å². The smallest absolute Gasteiger partial charge is 0.329 e. The van der Waals surface area contributed by atoms with Crippen molar-refractivity contribution in [3.63, 3.8) is 0 Å². The van der Waals surface area contributed by atoms with Crippen LogP contribution in [0.1, 0.15) is 24.7 Å². The Morgan fingerprint density at radius 1 is 1.57 bits per heavy atom. The Kier molecular flexibility index (Phi) is 4.02. The molecule has 3 heterocycles. The second-order valence-corrected chi connectivity index (χ2v) is 5.00. The number of ether oxygens (including phenoxy) is 1. The molecule has 0 radical (unpaired) electrons. The lowest BCUT2D eigenvalue weighted by Crippen LogP contribution is -2.39. The van der Waals surface area contributed by atoms with Gasteiger partial charge in [-0.05, 0) is 0 Å². The minimum atomic E-state index is -0.610. The number of H-pyrrole nitrogens is 1. The number of morpholine rings is 1. The Balaban J connectivity index is 1.78. The second-order valence-electron chi connectivity index (χ2n) is 5.00. The average molecular weight is 320 g/mol. The van der Waals surface area contributed by atoms with Gasteiger partial charge in [0, 0.05) is 13.0 Å². The Hall–Kier alpha value is -2.82. The SMILES string of the molecule is CCc1nc(C2CN(c3ncc([N+](=O)[O-])c(N)n3)CCO2)n[nH]1. The highest BCUT2D eigenvalue weighted by Gasteiger charge is 2.27. The van der Waals surface area contributed by atoms with Crippen molar-refractivity contribution < 1.29 is 9.66 Å². The summed E-state index contributed by atoms with van der Waals surface area (Å²) in [6.07, 6.45) is 1.55. The van der Waals surface area contributed by atoms with E-state index in [-0.39, 0.29) is 17.6 Å². The van der Waals surface area contributed by atoms with Crippen molar-refractivity contribution >= 4 is 17.5 Å². The third-order valence-corrected chi connectivity index (χ3v) is 3.50. The first-order valence-corrected chi connectivity index (χ1v) is 7.13. The number of nitrogens with one attached hydrogen (secondary N) is 1. The summed E-state index contributed by atoms with van der Waals surface area (Å²) in [7, 11) is 0. The highest BCUT2D eigenvalue weighted by molar-refractivity contribution is 5.53. The van der Waals surface area contributed by atoms with Gasteiger partial charge in [0.2, 0.25) is 11.8 Å². The normalized spacial score (nSPS) is 18.1. The number of anilines is 2. The number of nitro groups is 1. The van der Waals surface area contributed by atoms with Gasteiger partial charge in [0.15, 0.2) is 5.82 Å². The molecule has 3 N–H and O–H groups in total. The lowest BCUT2D eigenvalue weighted by molar-refractivity contribution is -0.384. The number of nitrogen functional groups attached to an aromatic ring is 1. The van der Waals surface area contributed by atoms with E-state index in [1.165, 1.54) is 0 Å². The van der Waals surface area contributed by atoms with Gasteiger partial charge < -0.3 is 15.4 Å². The zero-order chi connectivity index (χ0) is 16.4. The van der Waals surface area contributed by atoms with Crippen molar-refractivity contribution in [2.75, 3.05) is 30.3 Å². The van der Waals surface area contributed by atoms with Gasteiger partial charge in [-0.2, -0.15) is 10.1 Å². The van der Waals surface area contributed by atoms with Gasteiger partial charge in [0.1, 0.15) is 18.1 Å². The molecular formula is C12H16N8O3. The quantitative estimate of drug-likeness (QED) is 0.596. The molecule has 23 heavy (non-hydrogen) atoms. The molecule has 1 fully saturated rings. The van der Waals surface area contributed by atoms with Crippen LogP contribution in [-0.4, -0.2) is 49.8 Å². The van der Waals surface area contributed by atoms with E-state index in [0.717, 1.165) is 18.4 Å². The molecule has 1 aliphatic heterocycles. The van der Waals surface area contributed by atoms with Crippen molar-refractivity contribution in [2.45, 2.75) is 19.4 Å². The van der Waals surface area contributed by atoms with E-state index < -0.39 is 4.92 Å². The minimum Gasteiger partial charge on any atom is -0.378 e. The van der Waals surface area contributed by atoms with Gasteiger partial charge in [-0.3, -0.25) is 15.2 Å². The largest absolute Gasteiger partial charge is 0.378 e. The summed E-state index contributed by atoms with van der Waals surface area (Å²) in [6.45, 7) is 3.42. The molecule has 0 aliphatic carbocycles. The number of rotatable bonds is 4. The standard InChI is InChI=1S/C12H16N8O3/c1-2-9-15-11(18-17-9)8-6-19(3-4-23-8)12-14-5-7(20(21)22)10(13)16-12/h5,8H,2-4,6H2,1H3,(H2,13,14,16)(H,15,17,18). The number of nitrogens with zero attached hydrogens (tertiary/aromatic N) is 6. The molecule has 3 rings (SSSR count). The number of nitrogens with two attached hydrogens (primary N) is 1. The molecule has 11 heteroatoms. The van der Waals surface area contributed by atoms with Crippen LogP contribution in [-0.2, 0) is 11.2 Å². The molecule has 0 saturated carbocycles. The van der Waals surface area contributed by atoms with Crippen molar-refractivity contribution in [2.24, 2.45) is 0 Å². The molecule has 0 bridgehead atoms. The van der Waals surface area contributed by atoms with Gasteiger partial charge in [-0.15, -0.1) is 0 Å². The number of hydrogen-bond donors (Lipinski definition) is 2. The summed E-state index contributed by atoms with van der Waals surface area (Å²) < 4.78 is 5.68. The summed E-state index contributed by atoms with van der Waals surface area (Å²) >= 11 is 0. The lowest BCUT2D eigenvalue weighted by atomic mass is 10.2. The fourth-order valence-electron chi connectivity index (χ4n) is 2.27. The molecule has 1 unspecified atom stereocenters. The molecule has 122 valence electrons. The van der Waals surface area contributed by atoms with Gasteiger partial charge in [0.25, 0.3) is 0 Å². The highest BCUT2D eigenvalue weighted by atomic mass is 16.6. The molecule has 1 saturated heterocycles. The first-order chi connectivity index (χ1) is 11.1. The van der Waals surface area contributed by atoms with Crippen LogP contribution in [0.3, 0.4) is 0 Å². The van der Waals surface area contributed by atoms with Gasteiger partial charge in [0.05, 0.1) is 18.1 Å². The summed E-state index contributed by atoms with van der Waals surface area (Å²) in [6, 6.07) is 0. The van der Waals surface area contributed by atoms with Crippen LogP contribution in [0.4, 0.5) is 17.5 Å². The molecule has 2 aromatic rings. The van der Waals surface area contributed by atoms with E-state index in [0.29, 0.717) is 31.5 Å². The van der Waals surface area contributed by atoms with E-state index in [1.807, 2.05) is 11.8 Å². The van der Waals surface area contributed by atoms with Crippen molar-refractivity contribution in [3.05, 3.63) is 28.0 Å². The second kappa shape index (κ2) is 6.12. The number of aromatic nitrogens is 5. The molecule has 0 amide bonds. The van der Waals surface area contributed by atoms with Crippen molar-refractivity contribution in [1.82, 2.24) is 25.1 Å². The van der Waals surface area contributed by atoms with Gasteiger partial charge in [-0.1, -0.05) is 6.92 Å². The first kappa shape index (κ1) is 15.1. The van der Waals surface area contributed by atoms with Crippen LogP contribution < -0.4 is 10.6 Å². The van der Waals surface area contributed by atoms with Crippen molar-refractivity contribution in [3.8, 4) is 0 Å². The van der Waals surface area contributed by atoms with Gasteiger partial charge in [-0.25, -0.2) is 9.97 Å². The fraction of sp³-hybridized carbons (Fsp3) is 0.500. The third kappa shape index (κ3) is 3.04. The fourth-order valence-corrected chi connectivity index (χ4v) is 2.27. The summed E-state index contributed by atoms with van der Waals surface area (Å²) in [5, 5.41) is 17.8. The van der Waals surface area contributed by atoms with Crippen molar-refractivity contribution in [1.29, 1.82) is 0 Å². The maximum Gasteiger partial charge on any atom is 0.329 e. The first-order valence-electron chi connectivity index (χ1n) is 7.13. The Morgan fingerprint density at radius 3 is 3.04 bits per heavy atom. The third-order valence-electron chi connectivity index (χ3n) is 3.50. The number of aryl methyl sites for hydroxylation is 1. The van der Waals surface area contributed by atoms with Crippen LogP contribution in [0.2, 0.25) is 0 Å². The molecule has 0 aromatic carbocycles. The molecule has 1 aliphatic rings. The van der Waals surface area contributed by atoms with E-state index in [4.69, 9.17) is 10.5 Å². The van der Waals surface area contributed by atoms with E-state index in [9.17, 15) is 10.1 Å². The van der Waals surface area contributed by atoms with E-state index in [1.54, 1.807) is 0 Å².